The molecular formula is C21H25N5OS. The highest BCUT2D eigenvalue weighted by Crippen LogP contribution is 2.26. The quantitative estimate of drug-likeness (QED) is 0.717. The molecule has 28 heavy (non-hydrogen) atoms. The summed E-state index contributed by atoms with van der Waals surface area (Å²) in [5, 5.41) is 10.5. The molecule has 3 aromatic rings. The van der Waals surface area contributed by atoms with E-state index in [0.29, 0.717) is 5.69 Å². The van der Waals surface area contributed by atoms with Crippen LogP contribution in [0.25, 0.3) is 16.3 Å². The first-order chi connectivity index (χ1) is 13.6. The maximum absolute atomic E-state index is 13.2. The summed E-state index contributed by atoms with van der Waals surface area (Å²) >= 11 is 1.49. The van der Waals surface area contributed by atoms with Gasteiger partial charge in [-0.2, -0.15) is 5.10 Å². The molecule has 0 saturated carbocycles. The number of nitrogens with zero attached hydrogens (tertiary/aromatic N) is 4. The first kappa shape index (κ1) is 18.8. The topological polar surface area (TPSA) is 63.1 Å². The molecule has 3 heterocycles. The van der Waals surface area contributed by atoms with Gasteiger partial charge in [0.05, 0.1) is 11.9 Å². The van der Waals surface area contributed by atoms with Crippen LogP contribution in [0.3, 0.4) is 0 Å². The van der Waals surface area contributed by atoms with Crippen molar-refractivity contribution < 1.29 is 4.79 Å². The van der Waals surface area contributed by atoms with Gasteiger partial charge >= 0.3 is 0 Å². The van der Waals surface area contributed by atoms with E-state index in [4.69, 9.17) is 0 Å². The summed E-state index contributed by atoms with van der Waals surface area (Å²) in [6.45, 7) is 6.08. The summed E-state index contributed by atoms with van der Waals surface area (Å²) in [5.74, 6) is 0.0276. The van der Waals surface area contributed by atoms with Crippen molar-refractivity contribution in [1.29, 1.82) is 0 Å². The average molecular weight is 396 g/mol. The molecule has 4 rings (SSSR count). The van der Waals surface area contributed by atoms with Crippen LogP contribution in [0.15, 0.2) is 48.1 Å². The summed E-state index contributed by atoms with van der Waals surface area (Å²) in [4.78, 5) is 19.8. The molecular weight excluding hydrogens is 370 g/mol. The fourth-order valence-corrected chi connectivity index (χ4v) is 4.47. The van der Waals surface area contributed by atoms with Crippen LogP contribution in [-0.4, -0.2) is 50.7 Å². The van der Waals surface area contributed by atoms with Crippen LogP contribution < -0.4 is 5.32 Å². The molecule has 1 fully saturated rings. The second kappa shape index (κ2) is 8.24. The Labute approximate surface area is 169 Å². The minimum absolute atomic E-state index is 0.0276. The molecule has 1 amide bonds. The molecule has 1 N–H and O–H groups in total. The summed E-state index contributed by atoms with van der Waals surface area (Å²) in [6, 6.07) is 10.4. The Balaban J connectivity index is 1.55. The molecule has 0 spiro atoms. The Kier molecular flexibility index (Phi) is 5.54. The molecule has 7 heteroatoms. The second-order valence-electron chi connectivity index (χ2n) is 7.33. The maximum Gasteiger partial charge on any atom is 0.273 e. The molecule has 1 aliphatic heterocycles. The average Bonchev–Trinajstić information content (AvgIpc) is 3.39. The first-order valence-corrected chi connectivity index (χ1v) is 10.6. The van der Waals surface area contributed by atoms with E-state index in [9.17, 15) is 4.79 Å². The largest absolute Gasteiger partial charge is 0.332 e. The zero-order chi connectivity index (χ0) is 19.5. The third kappa shape index (κ3) is 3.86. The van der Waals surface area contributed by atoms with E-state index in [1.54, 1.807) is 6.20 Å². The Morgan fingerprint density at radius 3 is 2.71 bits per heavy atom. The van der Waals surface area contributed by atoms with Gasteiger partial charge in [-0.05, 0) is 51.9 Å². The second-order valence-corrected chi connectivity index (χ2v) is 8.19. The van der Waals surface area contributed by atoms with Crippen LogP contribution in [0.2, 0.25) is 0 Å². The van der Waals surface area contributed by atoms with Crippen LogP contribution in [0.4, 0.5) is 0 Å². The van der Waals surface area contributed by atoms with E-state index >= 15 is 0 Å². The number of aromatic nitrogens is 3. The van der Waals surface area contributed by atoms with Gasteiger partial charge in [-0.25, -0.2) is 9.67 Å². The normalized spacial score (nSPS) is 15.1. The maximum atomic E-state index is 13.2. The minimum atomic E-state index is 0.0276. The van der Waals surface area contributed by atoms with Crippen molar-refractivity contribution in [3.05, 3.63) is 53.8 Å². The van der Waals surface area contributed by atoms with Crippen molar-refractivity contribution in [3.63, 3.8) is 0 Å². The summed E-state index contributed by atoms with van der Waals surface area (Å²) in [5.41, 5.74) is 2.45. The van der Waals surface area contributed by atoms with Gasteiger partial charge in [0.15, 0.2) is 0 Å². The van der Waals surface area contributed by atoms with Gasteiger partial charge in [0.25, 0.3) is 5.91 Å². The van der Waals surface area contributed by atoms with Gasteiger partial charge in [0.2, 0.25) is 0 Å². The number of para-hydroxylation sites is 1. The minimum Gasteiger partial charge on any atom is -0.332 e. The zero-order valence-corrected chi connectivity index (χ0v) is 17.0. The number of rotatable bonds is 5. The van der Waals surface area contributed by atoms with E-state index in [-0.39, 0.29) is 18.0 Å². The SMILES string of the molecule is CC(C)N(C(=O)c1csc(-c2cnn(-c3ccccc3)c2)n1)C1CCNCC1. The fourth-order valence-electron chi connectivity index (χ4n) is 3.70. The summed E-state index contributed by atoms with van der Waals surface area (Å²) < 4.78 is 1.83. The Bertz CT molecular complexity index is 927. The van der Waals surface area contributed by atoms with Crippen LogP contribution in [0.1, 0.15) is 37.2 Å². The Morgan fingerprint density at radius 1 is 1.25 bits per heavy atom. The lowest BCUT2D eigenvalue weighted by Crippen LogP contribution is -2.49. The Morgan fingerprint density at radius 2 is 2.00 bits per heavy atom. The van der Waals surface area contributed by atoms with Crippen molar-refractivity contribution in [3.8, 4) is 16.3 Å². The number of nitrogens with one attached hydrogen (secondary N) is 1. The zero-order valence-electron chi connectivity index (χ0n) is 16.2. The molecule has 6 nitrogen and oxygen atoms in total. The highest BCUT2D eigenvalue weighted by atomic mass is 32.1. The van der Waals surface area contributed by atoms with Gasteiger partial charge in [0, 0.05) is 29.2 Å². The van der Waals surface area contributed by atoms with E-state index in [1.165, 1.54) is 11.3 Å². The molecule has 0 aliphatic carbocycles. The molecule has 1 saturated heterocycles. The third-order valence-corrected chi connectivity index (χ3v) is 5.96. The fraction of sp³-hybridized carbons (Fsp3) is 0.381. The smallest absolute Gasteiger partial charge is 0.273 e. The lowest BCUT2D eigenvalue weighted by atomic mass is 10.0. The third-order valence-electron chi connectivity index (χ3n) is 5.07. The van der Waals surface area contributed by atoms with Crippen LogP contribution in [-0.2, 0) is 0 Å². The van der Waals surface area contributed by atoms with Crippen LogP contribution in [0.5, 0.6) is 0 Å². The molecule has 1 aromatic carbocycles. The molecule has 0 radical (unpaired) electrons. The van der Waals surface area contributed by atoms with E-state index in [0.717, 1.165) is 42.2 Å². The summed E-state index contributed by atoms with van der Waals surface area (Å²) in [7, 11) is 0. The van der Waals surface area contributed by atoms with Gasteiger partial charge in [-0.1, -0.05) is 18.2 Å². The van der Waals surface area contributed by atoms with Crippen molar-refractivity contribution in [2.45, 2.75) is 38.8 Å². The molecule has 1 aliphatic rings. The van der Waals surface area contributed by atoms with Crippen molar-refractivity contribution >= 4 is 17.2 Å². The van der Waals surface area contributed by atoms with E-state index in [2.05, 4.69) is 29.2 Å². The summed E-state index contributed by atoms with van der Waals surface area (Å²) in [6.07, 6.45) is 5.73. The van der Waals surface area contributed by atoms with Crippen LogP contribution >= 0.6 is 11.3 Å². The van der Waals surface area contributed by atoms with Gasteiger partial charge < -0.3 is 10.2 Å². The molecule has 146 valence electrons. The van der Waals surface area contributed by atoms with Crippen LogP contribution in [0, 0.1) is 0 Å². The van der Waals surface area contributed by atoms with Crippen molar-refractivity contribution in [1.82, 2.24) is 25.0 Å². The number of benzene rings is 1. The molecule has 0 atom stereocenters. The van der Waals surface area contributed by atoms with Gasteiger partial charge in [-0.15, -0.1) is 11.3 Å². The predicted octanol–water partition coefficient (Wildman–Crippen LogP) is 3.60. The van der Waals surface area contributed by atoms with E-state index in [1.807, 2.05) is 51.5 Å². The standard InChI is InChI=1S/C21H25N5OS/c1-15(2)26(18-8-10-22-11-9-18)21(27)19-14-28-20(24-19)16-12-23-25(13-16)17-6-4-3-5-7-17/h3-7,12-15,18,22H,8-11H2,1-2H3. The predicted molar refractivity (Wildman–Crippen MR) is 112 cm³/mol. The first-order valence-electron chi connectivity index (χ1n) is 9.73. The highest BCUT2D eigenvalue weighted by Gasteiger charge is 2.29. The number of hydrogen-bond donors (Lipinski definition) is 1. The van der Waals surface area contributed by atoms with Crippen molar-refractivity contribution in [2.24, 2.45) is 0 Å². The monoisotopic (exact) mass is 395 g/mol. The lowest BCUT2D eigenvalue weighted by molar-refractivity contribution is 0.0560. The van der Waals surface area contributed by atoms with Gasteiger partial charge in [0.1, 0.15) is 10.7 Å². The Hall–Kier alpha value is -2.51. The number of piperidine rings is 1. The lowest BCUT2D eigenvalue weighted by Gasteiger charge is -2.37. The number of thiazole rings is 1. The number of amides is 1. The number of carbonyl (C=O) groups excluding carboxylic acids is 1. The van der Waals surface area contributed by atoms with E-state index < -0.39 is 0 Å². The van der Waals surface area contributed by atoms with Gasteiger partial charge in [-0.3, -0.25) is 4.79 Å². The molecule has 0 bridgehead atoms. The highest BCUT2D eigenvalue weighted by molar-refractivity contribution is 7.13. The number of hydrogen-bond acceptors (Lipinski definition) is 5. The number of carbonyl (C=O) groups is 1. The van der Waals surface area contributed by atoms with Crippen molar-refractivity contribution in [2.75, 3.05) is 13.1 Å². The molecule has 0 unspecified atom stereocenters. The molecule has 2 aromatic heterocycles.